The highest BCUT2D eigenvalue weighted by atomic mass is 15.2. The van der Waals surface area contributed by atoms with Gasteiger partial charge in [-0.15, -0.1) is 0 Å². The quantitative estimate of drug-likeness (QED) is 0.590. The molecule has 0 radical (unpaired) electrons. The molecule has 0 bridgehead atoms. The number of likely N-dealkylation sites (tertiary alicyclic amines) is 1. The lowest BCUT2D eigenvalue weighted by atomic mass is 9.86. The predicted octanol–water partition coefficient (Wildman–Crippen LogP) is 4.59. The van der Waals surface area contributed by atoms with E-state index in [1.165, 1.54) is 77.3 Å². The molecule has 1 aliphatic rings. The van der Waals surface area contributed by atoms with Crippen LogP contribution in [0, 0.1) is 0 Å². The van der Waals surface area contributed by atoms with Crippen LogP contribution in [0.1, 0.15) is 85.0 Å². The molecule has 1 saturated heterocycles. The Morgan fingerprint density at radius 2 is 1.55 bits per heavy atom. The van der Waals surface area contributed by atoms with Gasteiger partial charge in [-0.05, 0) is 53.2 Å². The van der Waals surface area contributed by atoms with Crippen molar-refractivity contribution < 1.29 is 0 Å². The topological polar surface area (TPSA) is 15.3 Å². The van der Waals surface area contributed by atoms with Gasteiger partial charge in [-0.3, -0.25) is 4.90 Å². The summed E-state index contributed by atoms with van der Waals surface area (Å²) in [7, 11) is 2.15. The number of nitrogens with one attached hydrogen (secondary N) is 1. The summed E-state index contributed by atoms with van der Waals surface area (Å²) in [4.78, 5) is 2.72. The van der Waals surface area contributed by atoms with Gasteiger partial charge in [-0.2, -0.15) is 0 Å². The fourth-order valence-corrected chi connectivity index (χ4v) is 3.67. The first-order valence-electron chi connectivity index (χ1n) is 9.05. The molecule has 120 valence electrons. The molecular weight excluding hydrogens is 244 g/mol. The summed E-state index contributed by atoms with van der Waals surface area (Å²) in [5.41, 5.74) is 0.304. The minimum absolute atomic E-state index is 0.304. The van der Waals surface area contributed by atoms with E-state index < -0.39 is 0 Å². The van der Waals surface area contributed by atoms with Gasteiger partial charge in [0.05, 0.1) is 0 Å². The van der Waals surface area contributed by atoms with Gasteiger partial charge in [-0.1, -0.05) is 51.9 Å². The highest BCUT2D eigenvalue weighted by Crippen LogP contribution is 2.26. The molecule has 1 N–H and O–H groups in total. The molecule has 1 unspecified atom stereocenters. The number of hydrogen-bond donors (Lipinski definition) is 1. The zero-order valence-electron chi connectivity index (χ0n) is 14.5. The average molecular weight is 283 g/mol. The van der Waals surface area contributed by atoms with Crippen LogP contribution in [0.2, 0.25) is 0 Å². The van der Waals surface area contributed by atoms with Crippen molar-refractivity contribution in [3.8, 4) is 0 Å². The van der Waals surface area contributed by atoms with Crippen LogP contribution in [0.25, 0.3) is 0 Å². The number of unbranched alkanes of at least 4 members (excludes halogenated alkanes) is 5. The summed E-state index contributed by atoms with van der Waals surface area (Å²) in [6.07, 6.45) is 13.9. The van der Waals surface area contributed by atoms with Gasteiger partial charge in [0.2, 0.25) is 0 Å². The molecule has 0 aromatic rings. The summed E-state index contributed by atoms with van der Waals surface area (Å²) >= 11 is 0. The van der Waals surface area contributed by atoms with E-state index in [-0.39, 0.29) is 0 Å². The van der Waals surface area contributed by atoms with Gasteiger partial charge in [0.25, 0.3) is 0 Å². The van der Waals surface area contributed by atoms with Crippen LogP contribution in [-0.2, 0) is 0 Å². The zero-order valence-corrected chi connectivity index (χ0v) is 14.5. The van der Waals surface area contributed by atoms with Crippen LogP contribution < -0.4 is 5.32 Å². The molecule has 0 spiro atoms. The van der Waals surface area contributed by atoms with Gasteiger partial charge < -0.3 is 5.32 Å². The lowest BCUT2D eigenvalue weighted by molar-refractivity contribution is 0.0599. The average Bonchev–Trinajstić information content (AvgIpc) is 2.47. The van der Waals surface area contributed by atoms with Crippen LogP contribution in [0.15, 0.2) is 0 Å². The van der Waals surface area contributed by atoms with E-state index in [0.29, 0.717) is 11.6 Å². The van der Waals surface area contributed by atoms with Crippen molar-refractivity contribution in [3.05, 3.63) is 0 Å². The first kappa shape index (κ1) is 18.0. The van der Waals surface area contributed by atoms with Crippen LogP contribution >= 0.6 is 0 Å². The number of likely N-dealkylation sites (N-methyl/N-ethyl adjacent to an activating group) is 1. The maximum atomic E-state index is 3.60. The van der Waals surface area contributed by atoms with Crippen LogP contribution in [0.3, 0.4) is 0 Å². The van der Waals surface area contributed by atoms with Gasteiger partial charge in [-0.25, -0.2) is 0 Å². The van der Waals surface area contributed by atoms with E-state index in [2.05, 4.69) is 38.0 Å². The molecule has 0 aromatic carbocycles. The van der Waals surface area contributed by atoms with Crippen molar-refractivity contribution in [1.82, 2.24) is 10.2 Å². The Labute approximate surface area is 127 Å². The molecular formula is C18H38N2. The predicted molar refractivity (Wildman–Crippen MR) is 90.3 cm³/mol. The maximum absolute atomic E-state index is 3.60. The molecule has 0 amide bonds. The van der Waals surface area contributed by atoms with E-state index in [0.717, 1.165) is 0 Å². The Kier molecular flexibility index (Phi) is 8.79. The Morgan fingerprint density at radius 1 is 0.950 bits per heavy atom. The van der Waals surface area contributed by atoms with Crippen molar-refractivity contribution in [2.24, 2.45) is 0 Å². The van der Waals surface area contributed by atoms with Gasteiger partial charge in [0, 0.05) is 11.6 Å². The first-order chi connectivity index (χ1) is 9.62. The third kappa shape index (κ3) is 5.73. The fraction of sp³-hybridized carbons (Fsp3) is 1.00. The summed E-state index contributed by atoms with van der Waals surface area (Å²) in [6, 6.07) is 0.631. The van der Waals surface area contributed by atoms with Gasteiger partial charge in [0.1, 0.15) is 0 Å². The summed E-state index contributed by atoms with van der Waals surface area (Å²) in [6.45, 7) is 9.76. The van der Waals surface area contributed by atoms with Crippen molar-refractivity contribution in [2.75, 3.05) is 20.1 Å². The van der Waals surface area contributed by atoms with E-state index in [4.69, 9.17) is 0 Å². The second-order valence-corrected chi connectivity index (χ2v) is 7.10. The van der Waals surface area contributed by atoms with E-state index in [9.17, 15) is 0 Å². The second-order valence-electron chi connectivity index (χ2n) is 7.10. The van der Waals surface area contributed by atoms with Gasteiger partial charge in [0.15, 0.2) is 0 Å². The number of piperidine rings is 1. The Hall–Kier alpha value is -0.0800. The fourth-order valence-electron chi connectivity index (χ4n) is 3.67. The van der Waals surface area contributed by atoms with E-state index in [1.54, 1.807) is 0 Å². The summed E-state index contributed by atoms with van der Waals surface area (Å²) < 4.78 is 0. The number of nitrogens with zero attached hydrogens (tertiary/aromatic N) is 1. The lowest BCUT2D eigenvalue weighted by Crippen LogP contribution is -2.58. The third-order valence-electron chi connectivity index (χ3n) is 5.22. The molecule has 0 aliphatic carbocycles. The van der Waals surface area contributed by atoms with Crippen molar-refractivity contribution >= 4 is 0 Å². The van der Waals surface area contributed by atoms with Crippen molar-refractivity contribution in [1.29, 1.82) is 0 Å². The van der Waals surface area contributed by atoms with Crippen molar-refractivity contribution in [2.45, 2.75) is 96.6 Å². The minimum Gasteiger partial charge on any atom is -0.315 e. The number of hydrogen-bond acceptors (Lipinski definition) is 2. The molecule has 2 heteroatoms. The first-order valence-corrected chi connectivity index (χ1v) is 9.05. The summed E-state index contributed by atoms with van der Waals surface area (Å²) in [5.74, 6) is 0. The van der Waals surface area contributed by atoms with Crippen LogP contribution in [0.4, 0.5) is 0 Å². The molecule has 1 fully saturated rings. The Morgan fingerprint density at radius 3 is 2.15 bits per heavy atom. The summed E-state index contributed by atoms with van der Waals surface area (Å²) in [5, 5.41) is 3.60. The minimum atomic E-state index is 0.304. The van der Waals surface area contributed by atoms with Gasteiger partial charge >= 0.3 is 0 Å². The molecule has 1 atom stereocenters. The largest absolute Gasteiger partial charge is 0.315 e. The molecule has 1 heterocycles. The highest BCUT2D eigenvalue weighted by molar-refractivity contribution is 4.93. The Balaban J connectivity index is 2.31. The molecule has 0 aromatic heterocycles. The van der Waals surface area contributed by atoms with Crippen LogP contribution in [0.5, 0.6) is 0 Å². The number of rotatable bonds is 10. The highest BCUT2D eigenvalue weighted by Gasteiger charge is 2.34. The smallest absolute Gasteiger partial charge is 0.0306 e. The molecule has 20 heavy (non-hydrogen) atoms. The SMILES string of the molecule is CCCCCCCCC(NC)C(C)(C)N1CCCCC1. The normalized spacial score (nSPS) is 19.2. The molecule has 1 rings (SSSR count). The van der Waals surface area contributed by atoms with Crippen LogP contribution in [-0.4, -0.2) is 36.6 Å². The monoisotopic (exact) mass is 282 g/mol. The maximum Gasteiger partial charge on any atom is 0.0306 e. The second kappa shape index (κ2) is 9.78. The third-order valence-corrected chi connectivity index (χ3v) is 5.22. The zero-order chi connectivity index (χ0) is 14.8. The van der Waals surface area contributed by atoms with E-state index >= 15 is 0 Å². The molecule has 0 saturated carbocycles. The van der Waals surface area contributed by atoms with E-state index in [1.807, 2.05) is 0 Å². The lowest BCUT2D eigenvalue weighted by Gasteiger charge is -2.46. The Bertz CT molecular complexity index is 232. The standard InChI is InChI=1S/C18H38N2/c1-5-6-7-8-9-11-14-17(19-4)18(2,3)20-15-12-10-13-16-20/h17,19H,5-16H2,1-4H3. The molecule has 1 aliphatic heterocycles. The molecule has 2 nitrogen and oxygen atoms in total. The van der Waals surface area contributed by atoms with Crippen molar-refractivity contribution in [3.63, 3.8) is 0 Å².